The molecule has 2 nitrogen and oxygen atoms in total. The molecule has 0 bridgehead atoms. The SMILES string of the molecule is NCc1cc(Cl)c2cc[nH]c2c1. The number of aromatic amines is 1. The van der Waals surface area contributed by atoms with Gasteiger partial charge in [-0.05, 0) is 23.8 Å². The Kier molecular flexibility index (Phi) is 1.79. The van der Waals surface area contributed by atoms with Gasteiger partial charge in [-0.2, -0.15) is 0 Å². The van der Waals surface area contributed by atoms with E-state index >= 15 is 0 Å². The third kappa shape index (κ3) is 1.09. The van der Waals surface area contributed by atoms with Gasteiger partial charge in [0.25, 0.3) is 0 Å². The van der Waals surface area contributed by atoms with E-state index in [0.717, 1.165) is 21.5 Å². The van der Waals surface area contributed by atoms with E-state index in [2.05, 4.69) is 4.98 Å². The van der Waals surface area contributed by atoms with Gasteiger partial charge >= 0.3 is 0 Å². The predicted octanol–water partition coefficient (Wildman–Crippen LogP) is 2.28. The molecule has 0 aliphatic carbocycles. The van der Waals surface area contributed by atoms with E-state index in [9.17, 15) is 0 Å². The van der Waals surface area contributed by atoms with E-state index in [1.165, 1.54) is 0 Å². The number of rotatable bonds is 1. The smallest absolute Gasteiger partial charge is 0.0503 e. The van der Waals surface area contributed by atoms with Crippen molar-refractivity contribution < 1.29 is 0 Å². The molecule has 0 aliphatic rings. The highest BCUT2D eigenvalue weighted by Gasteiger charge is 2.01. The van der Waals surface area contributed by atoms with Crippen LogP contribution in [0.3, 0.4) is 0 Å². The van der Waals surface area contributed by atoms with Crippen molar-refractivity contribution in [2.45, 2.75) is 6.54 Å². The number of nitrogens with one attached hydrogen (secondary N) is 1. The molecule has 2 rings (SSSR count). The van der Waals surface area contributed by atoms with Crippen molar-refractivity contribution in [3.63, 3.8) is 0 Å². The molecule has 0 atom stereocenters. The van der Waals surface area contributed by atoms with Gasteiger partial charge in [0.1, 0.15) is 0 Å². The fraction of sp³-hybridized carbons (Fsp3) is 0.111. The molecule has 3 heteroatoms. The van der Waals surface area contributed by atoms with Crippen LogP contribution in [0, 0.1) is 0 Å². The van der Waals surface area contributed by atoms with Gasteiger partial charge in [-0.3, -0.25) is 0 Å². The summed E-state index contributed by atoms with van der Waals surface area (Å²) in [6.45, 7) is 0.522. The summed E-state index contributed by atoms with van der Waals surface area (Å²) in [4.78, 5) is 3.10. The van der Waals surface area contributed by atoms with Crippen molar-refractivity contribution in [2.75, 3.05) is 0 Å². The molecule has 0 aliphatic heterocycles. The minimum atomic E-state index is 0.522. The molecule has 1 heterocycles. The molecule has 0 fully saturated rings. The summed E-state index contributed by atoms with van der Waals surface area (Å²) in [7, 11) is 0. The van der Waals surface area contributed by atoms with Crippen LogP contribution in [0.2, 0.25) is 5.02 Å². The zero-order chi connectivity index (χ0) is 8.55. The van der Waals surface area contributed by atoms with Crippen LogP contribution in [0.5, 0.6) is 0 Å². The maximum atomic E-state index is 6.01. The van der Waals surface area contributed by atoms with E-state index in [0.29, 0.717) is 6.54 Å². The average Bonchev–Trinajstić information content (AvgIpc) is 2.52. The predicted molar refractivity (Wildman–Crippen MR) is 51.2 cm³/mol. The first-order valence-corrected chi connectivity index (χ1v) is 4.14. The minimum Gasteiger partial charge on any atom is -0.361 e. The number of hydrogen-bond acceptors (Lipinski definition) is 1. The Morgan fingerprint density at radius 1 is 1.42 bits per heavy atom. The van der Waals surface area contributed by atoms with Crippen LogP contribution >= 0.6 is 11.6 Å². The molecule has 0 radical (unpaired) electrons. The maximum Gasteiger partial charge on any atom is 0.0503 e. The standard InChI is InChI=1S/C9H9ClN2/c10-8-3-6(5-11)4-9-7(8)1-2-12-9/h1-4,12H,5,11H2. The molecule has 0 saturated carbocycles. The average molecular weight is 181 g/mol. The summed E-state index contributed by atoms with van der Waals surface area (Å²) in [6, 6.07) is 5.87. The van der Waals surface area contributed by atoms with Gasteiger partial charge < -0.3 is 10.7 Å². The molecule has 12 heavy (non-hydrogen) atoms. The summed E-state index contributed by atoms with van der Waals surface area (Å²) < 4.78 is 0. The first-order valence-electron chi connectivity index (χ1n) is 3.77. The van der Waals surface area contributed by atoms with Crippen molar-refractivity contribution >= 4 is 22.5 Å². The molecule has 1 aromatic heterocycles. The van der Waals surface area contributed by atoms with Crippen molar-refractivity contribution in [3.05, 3.63) is 35.0 Å². The summed E-state index contributed by atoms with van der Waals surface area (Å²) in [5, 5.41) is 1.81. The van der Waals surface area contributed by atoms with Crippen molar-refractivity contribution in [1.82, 2.24) is 4.98 Å². The third-order valence-electron chi connectivity index (χ3n) is 1.91. The highest BCUT2D eigenvalue weighted by molar-refractivity contribution is 6.35. The normalized spacial score (nSPS) is 10.8. The summed E-state index contributed by atoms with van der Waals surface area (Å²) in [6.07, 6.45) is 1.87. The number of halogens is 1. The monoisotopic (exact) mass is 180 g/mol. The second kappa shape index (κ2) is 2.81. The fourth-order valence-electron chi connectivity index (χ4n) is 1.30. The van der Waals surface area contributed by atoms with Gasteiger partial charge in [0, 0.05) is 23.6 Å². The third-order valence-corrected chi connectivity index (χ3v) is 2.23. The van der Waals surface area contributed by atoms with E-state index in [1.54, 1.807) is 0 Å². The number of aromatic nitrogens is 1. The Bertz CT molecular complexity index is 406. The van der Waals surface area contributed by atoms with Crippen LogP contribution in [0.25, 0.3) is 10.9 Å². The van der Waals surface area contributed by atoms with Crippen LogP contribution in [-0.2, 0) is 6.54 Å². The molecule has 0 unspecified atom stereocenters. The number of benzene rings is 1. The molecule has 1 aromatic carbocycles. The fourth-order valence-corrected chi connectivity index (χ4v) is 1.60. The van der Waals surface area contributed by atoms with Crippen LogP contribution < -0.4 is 5.73 Å². The Morgan fingerprint density at radius 2 is 2.25 bits per heavy atom. The largest absolute Gasteiger partial charge is 0.361 e. The van der Waals surface area contributed by atoms with Crippen molar-refractivity contribution in [3.8, 4) is 0 Å². The topological polar surface area (TPSA) is 41.8 Å². The van der Waals surface area contributed by atoms with Gasteiger partial charge in [0.2, 0.25) is 0 Å². The molecular formula is C9H9ClN2. The second-order valence-electron chi connectivity index (χ2n) is 2.72. The lowest BCUT2D eigenvalue weighted by molar-refractivity contribution is 1.07. The molecule has 62 valence electrons. The first-order chi connectivity index (χ1) is 5.81. The lowest BCUT2D eigenvalue weighted by atomic mass is 10.2. The van der Waals surface area contributed by atoms with Gasteiger partial charge in [-0.1, -0.05) is 11.6 Å². The molecular weight excluding hydrogens is 172 g/mol. The van der Waals surface area contributed by atoms with Crippen molar-refractivity contribution in [2.24, 2.45) is 5.73 Å². The van der Waals surface area contributed by atoms with Gasteiger partial charge in [-0.25, -0.2) is 0 Å². The van der Waals surface area contributed by atoms with Gasteiger partial charge in [-0.15, -0.1) is 0 Å². The Balaban J connectivity index is 2.75. The molecule has 3 N–H and O–H groups in total. The zero-order valence-electron chi connectivity index (χ0n) is 6.47. The molecule has 0 spiro atoms. The molecule has 0 amide bonds. The highest BCUT2D eigenvalue weighted by Crippen LogP contribution is 2.24. The quantitative estimate of drug-likeness (QED) is 0.695. The Labute approximate surface area is 75.3 Å². The number of nitrogens with two attached hydrogens (primary N) is 1. The Morgan fingerprint density at radius 3 is 3.00 bits per heavy atom. The highest BCUT2D eigenvalue weighted by atomic mass is 35.5. The number of fused-ring (bicyclic) bond motifs is 1. The molecule has 0 saturated heterocycles. The summed E-state index contributed by atoms with van der Waals surface area (Å²) >= 11 is 6.01. The number of H-pyrrole nitrogens is 1. The Hall–Kier alpha value is -0.990. The van der Waals surface area contributed by atoms with E-state index in [4.69, 9.17) is 17.3 Å². The van der Waals surface area contributed by atoms with Crippen LogP contribution in [-0.4, -0.2) is 4.98 Å². The van der Waals surface area contributed by atoms with Crippen molar-refractivity contribution in [1.29, 1.82) is 0 Å². The van der Waals surface area contributed by atoms with Crippen LogP contribution in [0.4, 0.5) is 0 Å². The minimum absolute atomic E-state index is 0.522. The van der Waals surface area contributed by atoms with E-state index in [1.807, 2.05) is 24.4 Å². The maximum absolute atomic E-state index is 6.01. The van der Waals surface area contributed by atoms with Gasteiger partial charge in [0.15, 0.2) is 0 Å². The first kappa shape index (κ1) is 7.65. The van der Waals surface area contributed by atoms with E-state index < -0.39 is 0 Å². The number of hydrogen-bond donors (Lipinski definition) is 2. The second-order valence-corrected chi connectivity index (χ2v) is 3.13. The lowest BCUT2D eigenvalue weighted by Gasteiger charge is -1.98. The summed E-state index contributed by atoms with van der Waals surface area (Å²) in [5.74, 6) is 0. The zero-order valence-corrected chi connectivity index (χ0v) is 7.23. The summed E-state index contributed by atoms with van der Waals surface area (Å²) in [5.41, 5.74) is 7.60. The molecule has 2 aromatic rings. The van der Waals surface area contributed by atoms with Crippen LogP contribution in [0.15, 0.2) is 24.4 Å². The lowest BCUT2D eigenvalue weighted by Crippen LogP contribution is -1.95. The van der Waals surface area contributed by atoms with Gasteiger partial charge in [0.05, 0.1) is 5.02 Å². The van der Waals surface area contributed by atoms with Crippen LogP contribution in [0.1, 0.15) is 5.56 Å². The van der Waals surface area contributed by atoms with E-state index in [-0.39, 0.29) is 0 Å².